The zero-order valence-corrected chi connectivity index (χ0v) is 10.5. The molecule has 1 rings (SSSR count). The molecular weight excluding hydrogens is 234 g/mol. The molecule has 1 aromatic heterocycles. The Morgan fingerprint density at radius 2 is 2.11 bits per heavy atom. The van der Waals surface area contributed by atoms with Gasteiger partial charge in [0, 0.05) is 18.8 Å². The fourth-order valence-corrected chi connectivity index (χ4v) is 1.56. The molecule has 0 aromatic carbocycles. The number of carbonyl (C=O) groups is 2. The van der Waals surface area contributed by atoms with E-state index in [-0.39, 0.29) is 12.5 Å². The number of carboxylic acid groups (broad SMARTS) is 1. The van der Waals surface area contributed by atoms with Crippen LogP contribution in [-0.2, 0) is 4.79 Å². The van der Waals surface area contributed by atoms with Crippen LogP contribution in [0, 0.1) is 0 Å². The van der Waals surface area contributed by atoms with Crippen molar-refractivity contribution in [2.24, 2.45) is 5.73 Å². The molecule has 3 N–H and O–H groups in total. The standard InChI is InChI=1S/C12H17N3O3/c1-8(2)15(6-5-11(16)17)10-4-3-9(7-14-10)12(13)18/h3-4,7-8H,5-6H2,1-2H3,(H2,13,18)(H,16,17). The van der Waals surface area contributed by atoms with Crippen molar-refractivity contribution in [3.05, 3.63) is 23.9 Å². The summed E-state index contributed by atoms with van der Waals surface area (Å²) in [6, 6.07) is 3.37. The zero-order chi connectivity index (χ0) is 13.7. The average Bonchev–Trinajstić information content (AvgIpc) is 2.29. The van der Waals surface area contributed by atoms with Gasteiger partial charge in [0.2, 0.25) is 5.91 Å². The van der Waals surface area contributed by atoms with Crippen LogP contribution in [0.3, 0.4) is 0 Å². The van der Waals surface area contributed by atoms with Gasteiger partial charge in [-0.25, -0.2) is 4.98 Å². The van der Waals surface area contributed by atoms with Gasteiger partial charge in [0.05, 0.1) is 12.0 Å². The number of primary amides is 1. The minimum absolute atomic E-state index is 0.0391. The number of amides is 1. The second-order valence-electron chi connectivity index (χ2n) is 4.20. The van der Waals surface area contributed by atoms with E-state index in [1.54, 1.807) is 12.1 Å². The molecule has 0 fully saturated rings. The zero-order valence-electron chi connectivity index (χ0n) is 10.5. The lowest BCUT2D eigenvalue weighted by atomic mass is 10.2. The molecule has 0 saturated carbocycles. The Kier molecular flexibility index (Phi) is 4.65. The first-order valence-electron chi connectivity index (χ1n) is 5.66. The number of anilines is 1. The third-order valence-corrected chi connectivity index (χ3v) is 2.52. The maximum absolute atomic E-state index is 10.9. The highest BCUT2D eigenvalue weighted by atomic mass is 16.4. The molecule has 1 heterocycles. The number of carboxylic acids is 1. The Hall–Kier alpha value is -2.11. The van der Waals surface area contributed by atoms with Crippen molar-refractivity contribution < 1.29 is 14.7 Å². The number of aromatic nitrogens is 1. The van der Waals surface area contributed by atoms with E-state index in [4.69, 9.17) is 10.8 Å². The van der Waals surface area contributed by atoms with Crippen LogP contribution in [0.1, 0.15) is 30.6 Å². The molecule has 1 amide bonds. The average molecular weight is 251 g/mol. The van der Waals surface area contributed by atoms with E-state index in [1.807, 2.05) is 18.7 Å². The second kappa shape index (κ2) is 6.00. The molecule has 0 saturated heterocycles. The van der Waals surface area contributed by atoms with Crippen molar-refractivity contribution in [3.63, 3.8) is 0 Å². The molecule has 6 heteroatoms. The Balaban J connectivity index is 2.85. The van der Waals surface area contributed by atoms with Gasteiger partial charge >= 0.3 is 5.97 Å². The van der Waals surface area contributed by atoms with E-state index in [0.29, 0.717) is 17.9 Å². The third-order valence-electron chi connectivity index (χ3n) is 2.52. The predicted molar refractivity (Wildman–Crippen MR) is 67.5 cm³/mol. The van der Waals surface area contributed by atoms with Gasteiger partial charge in [-0.2, -0.15) is 0 Å². The highest BCUT2D eigenvalue weighted by Crippen LogP contribution is 2.14. The molecule has 0 spiro atoms. The molecule has 0 aliphatic carbocycles. The van der Waals surface area contributed by atoms with E-state index in [9.17, 15) is 9.59 Å². The van der Waals surface area contributed by atoms with Crippen molar-refractivity contribution in [1.82, 2.24) is 4.98 Å². The lowest BCUT2D eigenvalue weighted by Crippen LogP contribution is -2.33. The maximum Gasteiger partial charge on any atom is 0.305 e. The number of nitrogens with two attached hydrogens (primary N) is 1. The topological polar surface area (TPSA) is 96.5 Å². The van der Waals surface area contributed by atoms with Crippen LogP contribution in [0.4, 0.5) is 5.82 Å². The maximum atomic E-state index is 10.9. The molecule has 0 atom stereocenters. The van der Waals surface area contributed by atoms with Crippen LogP contribution in [-0.4, -0.2) is 34.6 Å². The number of hydrogen-bond acceptors (Lipinski definition) is 4. The van der Waals surface area contributed by atoms with Gasteiger partial charge < -0.3 is 15.7 Å². The minimum Gasteiger partial charge on any atom is -0.481 e. The van der Waals surface area contributed by atoms with Gasteiger partial charge in [0.25, 0.3) is 0 Å². The van der Waals surface area contributed by atoms with Crippen LogP contribution in [0.15, 0.2) is 18.3 Å². The molecular formula is C12H17N3O3. The van der Waals surface area contributed by atoms with Gasteiger partial charge in [0.15, 0.2) is 0 Å². The number of aliphatic carboxylic acids is 1. The summed E-state index contributed by atoms with van der Waals surface area (Å²) in [5, 5.41) is 8.70. The monoisotopic (exact) mass is 251 g/mol. The SMILES string of the molecule is CC(C)N(CCC(=O)O)c1ccc(C(N)=O)cn1. The molecule has 98 valence electrons. The normalized spacial score (nSPS) is 10.4. The number of carbonyl (C=O) groups excluding carboxylic acids is 1. The van der Waals surface area contributed by atoms with Crippen LogP contribution in [0.25, 0.3) is 0 Å². The molecule has 0 aliphatic rings. The van der Waals surface area contributed by atoms with Crippen molar-refractivity contribution >= 4 is 17.7 Å². The van der Waals surface area contributed by atoms with Crippen molar-refractivity contribution in [3.8, 4) is 0 Å². The van der Waals surface area contributed by atoms with Gasteiger partial charge in [-0.1, -0.05) is 0 Å². The Bertz CT molecular complexity index is 429. The van der Waals surface area contributed by atoms with E-state index < -0.39 is 11.9 Å². The molecule has 0 bridgehead atoms. The van der Waals surface area contributed by atoms with Crippen molar-refractivity contribution in [2.75, 3.05) is 11.4 Å². The first-order chi connectivity index (χ1) is 8.41. The minimum atomic E-state index is -0.852. The van der Waals surface area contributed by atoms with E-state index in [0.717, 1.165) is 0 Å². The fraction of sp³-hybridized carbons (Fsp3) is 0.417. The smallest absolute Gasteiger partial charge is 0.305 e. The Morgan fingerprint density at radius 3 is 2.50 bits per heavy atom. The van der Waals surface area contributed by atoms with Gasteiger partial charge in [0.1, 0.15) is 5.82 Å². The summed E-state index contributed by atoms with van der Waals surface area (Å²) in [6.07, 6.45) is 1.44. The van der Waals surface area contributed by atoms with Gasteiger partial charge in [-0.05, 0) is 26.0 Å². The first-order valence-corrected chi connectivity index (χ1v) is 5.66. The number of hydrogen-bond donors (Lipinski definition) is 2. The lowest BCUT2D eigenvalue weighted by molar-refractivity contribution is -0.136. The summed E-state index contributed by atoms with van der Waals surface area (Å²) in [7, 11) is 0. The highest BCUT2D eigenvalue weighted by Gasteiger charge is 2.13. The fourth-order valence-electron chi connectivity index (χ4n) is 1.56. The van der Waals surface area contributed by atoms with E-state index in [2.05, 4.69) is 4.98 Å². The van der Waals surface area contributed by atoms with Crippen LogP contribution in [0.2, 0.25) is 0 Å². The molecule has 0 radical (unpaired) electrons. The summed E-state index contributed by atoms with van der Waals surface area (Å²) in [5.74, 6) is -0.749. The highest BCUT2D eigenvalue weighted by molar-refractivity contribution is 5.92. The number of pyridine rings is 1. The summed E-state index contributed by atoms with van der Waals surface area (Å²) in [4.78, 5) is 27.5. The third kappa shape index (κ3) is 3.73. The molecule has 18 heavy (non-hydrogen) atoms. The summed E-state index contributed by atoms with van der Waals surface area (Å²) in [6.45, 7) is 4.27. The predicted octanol–water partition coefficient (Wildman–Crippen LogP) is 0.870. The van der Waals surface area contributed by atoms with Crippen LogP contribution < -0.4 is 10.6 Å². The number of nitrogens with zero attached hydrogens (tertiary/aromatic N) is 2. The molecule has 6 nitrogen and oxygen atoms in total. The second-order valence-corrected chi connectivity index (χ2v) is 4.20. The van der Waals surface area contributed by atoms with Crippen LogP contribution in [0.5, 0.6) is 0 Å². The summed E-state index contributed by atoms with van der Waals surface area (Å²) >= 11 is 0. The van der Waals surface area contributed by atoms with Gasteiger partial charge in [-0.3, -0.25) is 9.59 Å². The van der Waals surface area contributed by atoms with Gasteiger partial charge in [-0.15, -0.1) is 0 Å². The van der Waals surface area contributed by atoms with Crippen LogP contribution >= 0.6 is 0 Å². The molecule has 0 aliphatic heterocycles. The number of rotatable bonds is 6. The lowest BCUT2D eigenvalue weighted by Gasteiger charge is -2.27. The molecule has 1 aromatic rings. The largest absolute Gasteiger partial charge is 0.481 e. The summed E-state index contributed by atoms with van der Waals surface area (Å²) in [5.41, 5.74) is 5.46. The van der Waals surface area contributed by atoms with E-state index in [1.165, 1.54) is 6.20 Å². The quantitative estimate of drug-likeness (QED) is 0.782. The Labute approximate surface area is 105 Å². The Morgan fingerprint density at radius 1 is 1.44 bits per heavy atom. The van der Waals surface area contributed by atoms with Crippen molar-refractivity contribution in [2.45, 2.75) is 26.3 Å². The van der Waals surface area contributed by atoms with Crippen molar-refractivity contribution in [1.29, 1.82) is 0 Å². The summed E-state index contributed by atoms with van der Waals surface area (Å²) < 4.78 is 0. The first kappa shape index (κ1) is 14.0. The van der Waals surface area contributed by atoms with E-state index >= 15 is 0 Å². The molecule has 0 unspecified atom stereocenters.